The molecule has 9 nitrogen and oxygen atoms in total. The molecule has 0 fully saturated rings. The molecule has 0 aliphatic carbocycles. The Hall–Kier alpha value is -2.34. The average Bonchev–Trinajstić information content (AvgIpc) is 3.33. The van der Waals surface area contributed by atoms with Gasteiger partial charge >= 0.3 is 7.12 Å². The maximum absolute atomic E-state index is 9.38. The molecule has 0 radical (unpaired) electrons. The average molecular weight is 442 g/mol. The molecule has 31 heavy (non-hydrogen) atoms. The topological polar surface area (TPSA) is 111 Å². The van der Waals surface area contributed by atoms with Crippen molar-refractivity contribution in [3.05, 3.63) is 42.7 Å². The molecular weight excluding hydrogens is 411 g/mol. The molecule has 0 aliphatic rings. The summed E-state index contributed by atoms with van der Waals surface area (Å²) in [6.07, 6.45) is 7.36. The molecule has 3 rings (SSSR count). The first-order valence-electron chi connectivity index (χ1n) is 10.3. The second-order valence-corrected chi connectivity index (χ2v) is 14.0. The number of nitrogens with zero attached hydrogens (tertiary/aromatic N) is 6. The first-order valence-corrected chi connectivity index (χ1v) is 13.2. The minimum absolute atomic E-state index is 0.129. The van der Waals surface area contributed by atoms with E-state index in [1.807, 2.05) is 17.9 Å². The molecule has 0 bridgehead atoms. The summed E-state index contributed by atoms with van der Waals surface area (Å²) in [6.45, 7) is 11.7. The maximum Gasteiger partial charge on any atom is 0.490 e. The van der Waals surface area contributed by atoms with Gasteiger partial charge in [-0.05, 0) is 30.6 Å². The fourth-order valence-electron chi connectivity index (χ4n) is 3.01. The lowest BCUT2D eigenvalue weighted by Gasteiger charge is -2.36. The van der Waals surface area contributed by atoms with E-state index in [1.165, 1.54) is 12.5 Å². The molecule has 0 saturated carbocycles. The van der Waals surface area contributed by atoms with Crippen molar-refractivity contribution in [3.63, 3.8) is 0 Å². The van der Waals surface area contributed by atoms with E-state index < -0.39 is 15.4 Å². The van der Waals surface area contributed by atoms with Gasteiger partial charge in [-0.25, -0.2) is 9.67 Å². The Morgan fingerprint density at radius 2 is 1.87 bits per heavy atom. The van der Waals surface area contributed by atoms with Gasteiger partial charge in [0.1, 0.15) is 6.33 Å². The van der Waals surface area contributed by atoms with Crippen molar-refractivity contribution >= 4 is 20.9 Å². The lowest BCUT2D eigenvalue weighted by molar-refractivity contribution is 0.259. The van der Waals surface area contributed by atoms with Gasteiger partial charge in [0.2, 0.25) is 0 Å². The number of aromatic nitrogens is 6. The lowest BCUT2D eigenvalue weighted by Crippen LogP contribution is -2.41. The second kappa shape index (κ2) is 9.03. The van der Waals surface area contributed by atoms with E-state index >= 15 is 0 Å². The Balaban J connectivity index is 1.86. The minimum atomic E-state index is -1.88. The zero-order chi connectivity index (χ0) is 22.8. The fraction of sp³-hybridized carbons (Fsp3) is 0.500. The molecule has 1 unspecified atom stereocenters. The largest absolute Gasteiger partial charge is 0.490 e. The van der Waals surface area contributed by atoms with Crippen molar-refractivity contribution in [1.29, 1.82) is 0 Å². The highest BCUT2D eigenvalue weighted by Crippen LogP contribution is 2.37. The van der Waals surface area contributed by atoms with E-state index in [0.29, 0.717) is 18.5 Å². The summed E-state index contributed by atoms with van der Waals surface area (Å²) in [4.78, 5) is 8.76. The smallest absolute Gasteiger partial charge is 0.423 e. The van der Waals surface area contributed by atoms with E-state index in [-0.39, 0.29) is 11.1 Å². The maximum atomic E-state index is 9.38. The van der Waals surface area contributed by atoms with Crippen LogP contribution in [-0.2, 0) is 11.5 Å². The zero-order valence-electron chi connectivity index (χ0n) is 19.0. The van der Waals surface area contributed by atoms with Crippen LogP contribution in [0.1, 0.15) is 38.9 Å². The Bertz CT molecular complexity index is 997. The third kappa shape index (κ3) is 5.29. The normalized spacial score (nSPS) is 13.4. The summed E-state index contributed by atoms with van der Waals surface area (Å²) < 4.78 is 9.95. The number of pyridine rings is 1. The van der Waals surface area contributed by atoms with E-state index in [9.17, 15) is 10.0 Å². The molecule has 0 spiro atoms. The predicted molar refractivity (Wildman–Crippen MR) is 122 cm³/mol. The van der Waals surface area contributed by atoms with Crippen LogP contribution in [0.5, 0.6) is 0 Å². The molecule has 166 valence electrons. The lowest BCUT2D eigenvalue weighted by atomic mass is 9.81. The summed E-state index contributed by atoms with van der Waals surface area (Å²) in [5.41, 5.74) is 1.98. The van der Waals surface area contributed by atoms with Crippen LogP contribution in [-0.4, -0.2) is 61.6 Å². The van der Waals surface area contributed by atoms with Crippen molar-refractivity contribution in [2.45, 2.75) is 51.4 Å². The predicted octanol–water partition coefficient (Wildman–Crippen LogP) is 1.75. The van der Waals surface area contributed by atoms with Gasteiger partial charge in [0.25, 0.3) is 0 Å². The van der Waals surface area contributed by atoms with Gasteiger partial charge in [-0.2, -0.15) is 10.2 Å². The first-order chi connectivity index (χ1) is 14.5. The number of hydrogen-bond donors (Lipinski definition) is 2. The molecule has 2 N–H and O–H groups in total. The zero-order valence-corrected chi connectivity index (χ0v) is 20.0. The number of rotatable bonds is 8. The van der Waals surface area contributed by atoms with Crippen LogP contribution in [0.4, 0.5) is 0 Å². The van der Waals surface area contributed by atoms with E-state index in [4.69, 9.17) is 4.43 Å². The number of aryl methyl sites for hydroxylation is 1. The molecular formula is C20H31BN6O3Si. The fourth-order valence-corrected chi connectivity index (χ4v) is 4.07. The van der Waals surface area contributed by atoms with Crippen molar-refractivity contribution in [1.82, 2.24) is 29.5 Å². The highest BCUT2D eigenvalue weighted by Gasteiger charge is 2.37. The van der Waals surface area contributed by atoms with Gasteiger partial charge < -0.3 is 14.5 Å². The molecule has 1 atom stereocenters. The highest BCUT2D eigenvalue weighted by molar-refractivity contribution is 6.74. The van der Waals surface area contributed by atoms with Crippen LogP contribution >= 0.6 is 0 Å². The molecule has 3 aromatic rings. The van der Waals surface area contributed by atoms with Gasteiger partial charge in [-0.15, -0.1) is 0 Å². The molecule has 11 heteroatoms. The quantitative estimate of drug-likeness (QED) is 0.512. The van der Waals surface area contributed by atoms with Crippen molar-refractivity contribution in [2.24, 2.45) is 7.05 Å². The minimum Gasteiger partial charge on any atom is -0.423 e. The summed E-state index contributed by atoms with van der Waals surface area (Å²) in [6, 6.07) is 3.30. The molecule has 0 saturated heterocycles. The van der Waals surface area contributed by atoms with Gasteiger partial charge in [-0.3, -0.25) is 9.67 Å². The molecule has 0 aromatic carbocycles. The van der Waals surface area contributed by atoms with Crippen LogP contribution in [0.15, 0.2) is 37.1 Å². The van der Waals surface area contributed by atoms with Gasteiger partial charge in [0.05, 0.1) is 23.5 Å². The van der Waals surface area contributed by atoms with Crippen LogP contribution < -0.4 is 5.46 Å². The van der Waals surface area contributed by atoms with Gasteiger partial charge in [-0.1, -0.05) is 26.8 Å². The molecule has 0 amide bonds. The first kappa shape index (κ1) is 23.3. The SMILES string of the molecule is Cn1ncnc1-c1cnn(C(CCO[Si](C)(C)C(C)(C)C)c2ccc(B(O)O)cn2)c1. The number of hydrogen-bond acceptors (Lipinski definition) is 7. The van der Waals surface area contributed by atoms with Crippen LogP contribution in [0.25, 0.3) is 11.4 Å². The highest BCUT2D eigenvalue weighted by atomic mass is 28.4. The van der Waals surface area contributed by atoms with E-state index in [2.05, 4.69) is 54.0 Å². The van der Waals surface area contributed by atoms with E-state index in [1.54, 1.807) is 23.0 Å². The standard InChI is InChI=1S/C20H31BN6O3Si/c1-20(2,3)31(5,6)30-10-9-18(17-8-7-16(12-22-17)21(28)29)27-13-15(11-24-27)19-23-14-25-26(19)4/h7-8,11-14,18,28-29H,9-10H2,1-6H3. The third-order valence-electron chi connectivity index (χ3n) is 6.00. The van der Waals surface area contributed by atoms with Gasteiger partial charge in [0, 0.05) is 31.5 Å². The third-order valence-corrected chi connectivity index (χ3v) is 10.5. The molecule has 3 aromatic heterocycles. The molecule has 3 heterocycles. The van der Waals surface area contributed by atoms with Crippen LogP contribution in [0, 0.1) is 0 Å². The molecule has 0 aliphatic heterocycles. The second-order valence-electron chi connectivity index (χ2n) is 9.22. The Labute approximate surface area is 184 Å². The monoisotopic (exact) mass is 442 g/mol. The Morgan fingerprint density at radius 3 is 2.42 bits per heavy atom. The van der Waals surface area contributed by atoms with Crippen molar-refractivity contribution in [2.75, 3.05) is 6.61 Å². The van der Waals surface area contributed by atoms with Gasteiger partial charge in [0.15, 0.2) is 14.1 Å². The van der Waals surface area contributed by atoms with Crippen molar-refractivity contribution in [3.8, 4) is 11.4 Å². The Kier molecular flexibility index (Phi) is 6.80. The van der Waals surface area contributed by atoms with Crippen molar-refractivity contribution < 1.29 is 14.5 Å². The Morgan fingerprint density at radius 1 is 1.13 bits per heavy atom. The summed E-state index contributed by atoms with van der Waals surface area (Å²) in [7, 11) is -1.59. The van der Waals surface area contributed by atoms with E-state index in [0.717, 1.165) is 17.1 Å². The van der Waals surface area contributed by atoms with Crippen LogP contribution in [0.3, 0.4) is 0 Å². The summed E-state index contributed by atoms with van der Waals surface area (Å²) in [5.74, 6) is 0.731. The summed E-state index contributed by atoms with van der Waals surface area (Å²) in [5, 5.41) is 27.6. The summed E-state index contributed by atoms with van der Waals surface area (Å²) >= 11 is 0. The van der Waals surface area contributed by atoms with Crippen LogP contribution in [0.2, 0.25) is 18.1 Å².